The fraction of sp³-hybridized carbons (Fsp3) is 0.562. The second-order valence-corrected chi connectivity index (χ2v) is 5.23. The molecule has 0 fully saturated rings. The molecule has 3 heteroatoms. The largest absolute Gasteiger partial charge is 0.317 e. The van der Waals surface area contributed by atoms with Crippen LogP contribution in [0.2, 0.25) is 0 Å². The Hall–Kier alpha value is -1.35. The number of aromatic nitrogens is 2. The van der Waals surface area contributed by atoms with Crippen molar-refractivity contribution in [2.75, 3.05) is 13.1 Å². The molecule has 19 heavy (non-hydrogen) atoms. The number of hydrogen-bond donors (Lipinski definition) is 1. The Bertz CT molecular complexity index is 516. The van der Waals surface area contributed by atoms with E-state index in [9.17, 15) is 0 Å². The normalized spacial score (nSPS) is 13.0. The van der Waals surface area contributed by atoms with Crippen molar-refractivity contribution in [1.82, 2.24) is 15.1 Å². The SMILES string of the molecule is CCNCCC(C)Cc1nn(CC)c2ccccc12. The van der Waals surface area contributed by atoms with Crippen LogP contribution in [0.1, 0.15) is 32.9 Å². The van der Waals surface area contributed by atoms with Gasteiger partial charge in [0.05, 0.1) is 11.2 Å². The van der Waals surface area contributed by atoms with Crippen LogP contribution in [0.3, 0.4) is 0 Å². The number of benzene rings is 1. The summed E-state index contributed by atoms with van der Waals surface area (Å²) in [7, 11) is 0. The average Bonchev–Trinajstić information content (AvgIpc) is 2.77. The van der Waals surface area contributed by atoms with Crippen molar-refractivity contribution in [3.63, 3.8) is 0 Å². The zero-order chi connectivity index (χ0) is 13.7. The van der Waals surface area contributed by atoms with Gasteiger partial charge in [0.2, 0.25) is 0 Å². The second kappa shape index (κ2) is 6.71. The topological polar surface area (TPSA) is 29.9 Å². The summed E-state index contributed by atoms with van der Waals surface area (Å²) in [5, 5.41) is 9.48. The zero-order valence-electron chi connectivity index (χ0n) is 12.3. The second-order valence-electron chi connectivity index (χ2n) is 5.23. The molecule has 0 bridgehead atoms. The van der Waals surface area contributed by atoms with Crippen molar-refractivity contribution in [3.05, 3.63) is 30.0 Å². The van der Waals surface area contributed by atoms with Gasteiger partial charge in [-0.1, -0.05) is 32.0 Å². The molecule has 0 aliphatic rings. The molecule has 1 heterocycles. The van der Waals surface area contributed by atoms with Gasteiger partial charge in [-0.15, -0.1) is 0 Å². The molecule has 0 spiro atoms. The maximum atomic E-state index is 4.77. The molecule has 2 rings (SSSR count). The molecule has 1 aromatic carbocycles. The lowest BCUT2D eigenvalue weighted by Crippen LogP contribution is -2.17. The molecule has 104 valence electrons. The molecule has 0 aliphatic heterocycles. The Balaban J connectivity index is 2.12. The lowest BCUT2D eigenvalue weighted by atomic mass is 10.00. The fourth-order valence-electron chi connectivity index (χ4n) is 2.55. The van der Waals surface area contributed by atoms with Crippen molar-refractivity contribution in [2.45, 2.75) is 40.2 Å². The van der Waals surface area contributed by atoms with Crippen LogP contribution >= 0.6 is 0 Å². The standard InChI is InChI=1S/C16H25N3/c1-4-17-11-10-13(3)12-15-14-8-6-7-9-16(14)19(5-2)18-15/h6-9,13,17H,4-5,10-12H2,1-3H3. The molecule has 0 aliphatic carbocycles. The van der Waals surface area contributed by atoms with Crippen LogP contribution in [-0.2, 0) is 13.0 Å². The van der Waals surface area contributed by atoms with Gasteiger partial charge in [-0.2, -0.15) is 5.10 Å². The summed E-state index contributed by atoms with van der Waals surface area (Å²) in [5.74, 6) is 0.669. The Morgan fingerprint density at radius 1 is 1.26 bits per heavy atom. The van der Waals surface area contributed by atoms with E-state index in [1.165, 1.54) is 23.0 Å². The first-order chi connectivity index (χ1) is 9.26. The quantitative estimate of drug-likeness (QED) is 0.774. The molecule has 1 unspecified atom stereocenters. The fourth-order valence-corrected chi connectivity index (χ4v) is 2.55. The Kier molecular flexibility index (Phi) is 4.97. The summed E-state index contributed by atoms with van der Waals surface area (Å²) in [4.78, 5) is 0. The summed E-state index contributed by atoms with van der Waals surface area (Å²) in [6.07, 6.45) is 2.28. The van der Waals surface area contributed by atoms with E-state index in [4.69, 9.17) is 5.10 Å². The summed E-state index contributed by atoms with van der Waals surface area (Å²) in [6.45, 7) is 9.71. The maximum Gasteiger partial charge on any atom is 0.0706 e. The van der Waals surface area contributed by atoms with E-state index in [2.05, 4.69) is 55.0 Å². The molecule has 3 nitrogen and oxygen atoms in total. The van der Waals surface area contributed by atoms with E-state index >= 15 is 0 Å². The number of aryl methyl sites for hydroxylation is 1. The van der Waals surface area contributed by atoms with Crippen molar-refractivity contribution in [3.8, 4) is 0 Å². The Labute approximate surface area is 116 Å². The van der Waals surface area contributed by atoms with Gasteiger partial charge in [-0.3, -0.25) is 4.68 Å². The summed E-state index contributed by atoms with van der Waals surface area (Å²) < 4.78 is 2.11. The van der Waals surface area contributed by atoms with Gasteiger partial charge in [0.15, 0.2) is 0 Å². The van der Waals surface area contributed by atoms with Crippen molar-refractivity contribution >= 4 is 10.9 Å². The molecule has 0 amide bonds. The van der Waals surface area contributed by atoms with Crippen molar-refractivity contribution < 1.29 is 0 Å². The monoisotopic (exact) mass is 259 g/mol. The molecular weight excluding hydrogens is 234 g/mol. The van der Waals surface area contributed by atoms with Gasteiger partial charge in [-0.05, 0) is 44.8 Å². The van der Waals surface area contributed by atoms with E-state index in [0.717, 1.165) is 26.1 Å². The molecule has 0 saturated heterocycles. The third-order valence-corrected chi connectivity index (χ3v) is 3.64. The molecule has 1 N–H and O–H groups in total. The minimum absolute atomic E-state index is 0.669. The van der Waals surface area contributed by atoms with E-state index in [1.807, 2.05) is 0 Å². The molecular formula is C16H25N3. The Morgan fingerprint density at radius 2 is 2.05 bits per heavy atom. The van der Waals surface area contributed by atoms with Crippen molar-refractivity contribution in [1.29, 1.82) is 0 Å². The number of rotatable bonds is 7. The van der Waals surface area contributed by atoms with Crippen LogP contribution < -0.4 is 5.32 Å². The lowest BCUT2D eigenvalue weighted by molar-refractivity contribution is 0.496. The third kappa shape index (κ3) is 3.35. The van der Waals surface area contributed by atoms with Crippen molar-refractivity contribution in [2.24, 2.45) is 5.92 Å². The number of nitrogens with zero attached hydrogens (tertiary/aromatic N) is 2. The highest BCUT2D eigenvalue weighted by molar-refractivity contribution is 5.81. The molecule has 0 saturated carbocycles. The molecule has 0 radical (unpaired) electrons. The van der Waals surface area contributed by atoms with Crippen LogP contribution in [0, 0.1) is 5.92 Å². The smallest absolute Gasteiger partial charge is 0.0706 e. The van der Waals surface area contributed by atoms with Crippen LogP contribution in [0.15, 0.2) is 24.3 Å². The first kappa shape index (κ1) is 14.1. The van der Waals surface area contributed by atoms with Crippen LogP contribution in [0.5, 0.6) is 0 Å². The third-order valence-electron chi connectivity index (χ3n) is 3.64. The Morgan fingerprint density at radius 3 is 2.79 bits per heavy atom. The number of para-hydroxylation sites is 1. The zero-order valence-corrected chi connectivity index (χ0v) is 12.3. The highest BCUT2D eigenvalue weighted by Gasteiger charge is 2.12. The van der Waals surface area contributed by atoms with Gasteiger partial charge in [0.1, 0.15) is 0 Å². The molecule has 1 atom stereocenters. The molecule has 1 aromatic heterocycles. The van der Waals surface area contributed by atoms with Gasteiger partial charge in [0, 0.05) is 11.9 Å². The first-order valence-corrected chi connectivity index (χ1v) is 7.41. The summed E-state index contributed by atoms with van der Waals surface area (Å²) in [5.41, 5.74) is 2.51. The highest BCUT2D eigenvalue weighted by Crippen LogP contribution is 2.21. The number of nitrogens with one attached hydrogen (secondary N) is 1. The van der Waals surface area contributed by atoms with E-state index in [0.29, 0.717) is 5.92 Å². The van der Waals surface area contributed by atoms with Crippen LogP contribution in [-0.4, -0.2) is 22.9 Å². The summed E-state index contributed by atoms with van der Waals surface area (Å²) in [6, 6.07) is 8.56. The highest BCUT2D eigenvalue weighted by atomic mass is 15.3. The van der Waals surface area contributed by atoms with Gasteiger partial charge in [0.25, 0.3) is 0 Å². The van der Waals surface area contributed by atoms with Gasteiger partial charge >= 0.3 is 0 Å². The van der Waals surface area contributed by atoms with E-state index in [-0.39, 0.29) is 0 Å². The minimum atomic E-state index is 0.669. The summed E-state index contributed by atoms with van der Waals surface area (Å²) >= 11 is 0. The average molecular weight is 259 g/mol. The molecule has 2 aromatic rings. The predicted octanol–water partition coefficient (Wildman–Crippen LogP) is 3.23. The lowest BCUT2D eigenvalue weighted by Gasteiger charge is -2.10. The van der Waals surface area contributed by atoms with Gasteiger partial charge < -0.3 is 5.32 Å². The van der Waals surface area contributed by atoms with Crippen LogP contribution in [0.4, 0.5) is 0 Å². The van der Waals surface area contributed by atoms with Gasteiger partial charge in [-0.25, -0.2) is 0 Å². The minimum Gasteiger partial charge on any atom is -0.317 e. The number of hydrogen-bond acceptors (Lipinski definition) is 2. The van der Waals surface area contributed by atoms with Crippen LogP contribution in [0.25, 0.3) is 10.9 Å². The van der Waals surface area contributed by atoms with E-state index < -0.39 is 0 Å². The number of fused-ring (bicyclic) bond motifs is 1. The maximum absolute atomic E-state index is 4.77. The van der Waals surface area contributed by atoms with E-state index in [1.54, 1.807) is 0 Å². The predicted molar refractivity (Wildman–Crippen MR) is 81.4 cm³/mol. The first-order valence-electron chi connectivity index (χ1n) is 7.41.